The van der Waals surface area contributed by atoms with Crippen LogP contribution in [-0.2, 0) is 24.6 Å². The van der Waals surface area contributed by atoms with Crippen LogP contribution < -0.4 is 25.5 Å². The van der Waals surface area contributed by atoms with Gasteiger partial charge in [0.05, 0.1) is 31.1 Å². The molecule has 1 N–H and O–H groups in total. The number of carbonyl (C=O) groups excluding carboxylic acids is 2. The first kappa shape index (κ1) is 38.3. The third kappa shape index (κ3) is 8.04. The van der Waals surface area contributed by atoms with Crippen LogP contribution in [0.4, 0.5) is 11.4 Å². The maximum atomic E-state index is 13.6. The molecule has 11 heteroatoms. The van der Waals surface area contributed by atoms with E-state index in [9.17, 15) is 9.59 Å². The van der Waals surface area contributed by atoms with Crippen LogP contribution in [0.2, 0.25) is 12.6 Å². The van der Waals surface area contributed by atoms with E-state index >= 15 is 0 Å². The van der Waals surface area contributed by atoms with E-state index in [0.29, 0.717) is 37.7 Å². The number of alkyl halides is 1. The fourth-order valence-corrected chi connectivity index (χ4v) is 13.9. The fourth-order valence-electron chi connectivity index (χ4n) is 8.29. The van der Waals surface area contributed by atoms with Gasteiger partial charge in [-0.3, -0.25) is 4.79 Å². The van der Waals surface area contributed by atoms with Crippen LogP contribution in [0.5, 0.6) is 0 Å². The maximum Gasteiger partial charge on any atom is 0.340 e. The molecular weight excluding hydrogens is 722 g/mol. The van der Waals surface area contributed by atoms with Crippen LogP contribution in [0, 0.1) is 0 Å². The molecule has 0 aliphatic carbocycles. The van der Waals surface area contributed by atoms with Crippen molar-refractivity contribution >= 4 is 65.1 Å². The molecule has 0 atom stereocenters. The number of amides is 1. The molecule has 0 radical (unpaired) electrons. The Balaban J connectivity index is 1.01. The van der Waals surface area contributed by atoms with Gasteiger partial charge in [-0.1, -0.05) is 49.7 Å². The van der Waals surface area contributed by atoms with Crippen molar-refractivity contribution in [3.05, 3.63) is 82.9 Å². The van der Waals surface area contributed by atoms with Crippen molar-refractivity contribution in [2.75, 3.05) is 86.3 Å². The van der Waals surface area contributed by atoms with Crippen LogP contribution >= 0.6 is 23.4 Å². The molecule has 4 heterocycles. The van der Waals surface area contributed by atoms with Gasteiger partial charge in [0.15, 0.2) is 5.60 Å². The smallest absolute Gasteiger partial charge is 0.340 e. The van der Waals surface area contributed by atoms with E-state index in [1.165, 1.54) is 34.6 Å². The van der Waals surface area contributed by atoms with Crippen molar-refractivity contribution < 1.29 is 23.8 Å². The number of thioether (sulfide) groups is 1. The van der Waals surface area contributed by atoms with Gasteiger partial charge in [0.25, 0.3) is 0 Å². The summed E-state index contributed by atoms with van der Waals surface area (Å²) in [4.78, 5) is 31.2. The number of anilines is 2. The van der Waals surface area contributed by atoms with Crippen molar-refractivity contribution in [2.45, 2.75) is 63.1 Å². The average Bonchev–Trinajstić information content (AvgIpc) is 3.42. The first-order valence-electron chi connectivity index (χ1n) is 19.6. The first-order chi connectivity index (χ1) is 26.0. The van der Waals surface area contributed by atoms with Gasteiger partial charge in [0.1, 0.15) is 8.07 Å². The van der Waals surface area contributed by atoms with Crippen molar-refractivity contribution in [1.82, 2.24) is 5.32 Å². The lowest BCUT2D eigenvalue weighted by Crippen LogP contribution is -2.65. The Morgan fingerprint density at radius 1 is 0.830 bits per heavy atom. The van der Waals surface area contributed by atoms with Crippen molar-refractivity contribution in [2.24, 2.45) is 0 Å². The third-order valence-electron chi connectivity index (χ3n) is 11.5. The molecule has 0 aromatic heterocycles. The first-order valence-corrected chi connectivity index (χ1v) is 24.0. The van der Waals surface area contributed by atoms with Crippen LogP contribution in [-0.4, -0.2) is 96.5 Å². The minimum absolute atomic E-state index is 0.0469. The lowest BCUT2D eigenvalue weighted by molar-refractivity contribution is -0.118. The Labute approximate surface area is 325 Å². The second kappa shape index (κ2) is 17.6. The van der Waals surface area contributed by atoms with Gasteiger partial charge in [0.2, 0.25) is 5.91 Å². The molecule has 3 aromatic carbocycles. The molecule has 8 nitrogen and oxygen atoms in total. The van der Waals surface area contributed by atoms with Crippen LogP contribution in [0.1, 0.15) is 72.0 Å². The summed E-state index contributed by atoms with van der Waals surface area (Å²) in [6.45, 7) is 9.68. The summed E-state index contributed by atoms with van der Waals surface area (Å²) in [5.41, 5.74) is 5.42. The number of benzene rings is 3. The molecule has 3 aromatic rings. The monoisotopic (exact) mass is 775 g/mol. The number of ether oxygens (including phenoxy) is 3. The number of halogens is 1. The zero-order valence-electron chi connectivity index (χ0n) is 31.1. The number of fused-ring (bicyclic) bond motifs is 6. The normalized spacial score (nSPS) is 21.1. The van der Waals surface area contributed by atoms with E-state index in [1.807, 2.05) is 18.2 Å². The number of hydrogen-bond acceptors (Lipinski definition) is 8. The summed E-state index contributed by atoms with van der Waals surface area (Å²) < 4.78 is 17.9. The topological polar surface area (TPSA) is 80.3 Å². The SMILES string of the molecule is C[Si]1(CCCSCC(=O)NCCOCCOCCCCCCCl)c2cc(N3CCC3)ccc2C2(OC(=O)c3ccccc32)c2ccc(N3CCC3)cc21. The van der Waals surface area contributed by atoms with E-state index in [2.05, 4.69) is 64.1 Å². The summed E-state index contributed by atoms with van der Waals surface area (Å²) in [6.07, 6.45) is 7.85. The average molecular weight is 777 g/mol. The molecular formula is C42H54ClN3O5SSi. The van der Waals surface area contributed by atoms with E-state index < -0.39 is 13.7 Å². The fraction of sp³-hybridized carbons (Fsp3) is 0.524. The molecule has 7 rings (SSSR count). The van der Waals surface area contributed by atoms with E-state index in [1.54, 1.807) is 11.8 Å². The molecule has 2 fully saturated rings. The Bertz CT molecular complexity index is 1690. The second-order valence-electron chi connectivity index (χ2n) is 14.9. The molecule has 4 aliphatic rings. The van der Waals surface area contributed by atoms with Gasteiger partial charge in [-0.15, -0.1) is 11.6 Å². The molecule has 53 heavy (non-hydrogen) atoms. The molecule has 4 aliphatic heterocycles. The molecule has 0 bridgehead atoms. The Morgan fingerprint density at radius 3 is 2.11 bits per heavy atom. The summed E-state index contributed by atoms with van der Waals surface area (Å²) in [6, 6.07) is 22.9. The van der Waals surface area contributed by atoms with Gasteiger partial charge in [-0.25, -0.2) is 4.79 Å². The van der Waals surface area contributed by atoms with E-state index in [0.717, 1.165) is 99.3 Å². The number of nitrogens with one attached hydrogen (secondary N) is 1. The zero-order valence-corrected chi connectivity index (χ0v) is 33.7. The number of esters is 1. The summed E-state index contributed by atoms with van der Waals surface area (Å²) in [5, 5.41) is 5.74. The summed E-state index contributed by atoms with van der Waals surface area (Å²) in [7, 11) is -2.36. The van der Waals surface area contributed by atoms with Gasteiger partial charge in [-0.05, 0) is 84.6 Å². The van der Waals surface area contributed by atoms with Crippen molar-refractivity contribution in [3.8, 4) is 0 Å². The molecule has 0 unspecified atom stereocenters. The maximum absolute atomic E-state index is 13.6. The van der Waals surface area contributed by atoms with Crippen molar-refractivity contribution in [3.63, 3.8) is 0 Å². The van der Waals surface area contributed by atoms with Crippen molar-refractivity contribution in [1.29, 1.82) is 0 Å². The van der Waals surface area contributed by atoms with Gasteiger partial charge in [-0.2, -0.15) is 11.8 Å². The van der Waals surface area contributed by atoms with Gasteiger partial charge in [0, 0.05) is 73.3 Å². The van der Waals surface area contributed by atoms with Gasteiger partial charge >= 0.3 is 5.97 Å². The highest BCUT2D eigenvalue weighted by atomic mass is 35.5. The Kier molecular flexibility index (Phi) is 12.7. The summed E-state index contributed by atoms with van der Waals surface area (Å²) in [5.74, 6) is 1.86. The second-order valence-corrected chi connectivity index (χ2v) is 20.6. The van der Waals surface area contributed by atoms with Crippen LogP contribution in [0.15, 0.2) is 60.7 Å². The number of carbonyl (C=O) groups is 2. The molecule has 1 amide bonds. The van der Waals surface area contributed by atoms with E-state index in [4.69, 9.17) is 25.8 Å². The zero-order chi connectivity index (χ0) is 36.7. The number of nitrogens with zero attached hydrogens (tertiary/aromatic N) is 2. The predicted molar refractivity (Wildman–Crippen MR) is 220 cm³/mol. The highest BCUT2D eigenvalue weighted by Gasteiger charge is 2.57. The largest absolute Gasteiger partial charge is 0.441 e. The number of hydrogen-bond donors (Lipinski definition) is 1. The quantitative estimate of drug-likeness (QED) is 0.0635. The predicted octanol–water partition coefficient (Wildman–Crippen LogP) is 6.15. The van der Waals surface area contributed by atoms with Crippen LogP contribution in [0.3, 0.4) is 0 Å². The third-order valence-corrected chi connectivity index (χ3v) is 17.3. The highest BCUT2D eigenvalue weighted by molar-refractivity contribution is 7.99. The minimum Gasteiger partial charge on any atom is -0.441 e. The molecule has 2 saturated heterocycles. The molecule has 1 spiro atoms. The lowest BCUT2D eigenvalue weighted by Gasteiger charge is -2.47. The summed E-state index contributed by atoms with van der Waals surface area (Å²) >= 11 is 7.42. The lowest BCUT2D eigenvalue weighted by atomic mass is 9.79. The van der Waals surface area contributed by atoms with E-state index in [-0.39, 0.29) is 11.9 Å². The Morgan fingerprint density at radius 2 is 1.47 bits per heavy atom. The number of rotatable bonds is 20. The molecule has 0 saturated carbocycles. The highest BCUT2D eigenvalue weighted by Crippen LogP contribution is 2.50. The Hall–Kier alpha value is -3.02. The number of unbranched alkanes of at least 4 members (excludes halogenated alkanes) is 3. The van der Waals surface area contributed by atoms with Crippen LogP contribution in [0.25, 0.3) is 0 Å². The standard InChI is InChI=1S/C42H54ClN3O5SSi/c1-53(28-10-27-52-31-40(47)44-18-24-50-26-25-49-23-7-3-2-6-17-43)38-29-32(45-19-8-20-45)13-15-36(38)42(35-12-5-4-11-34(35)41(48)51-42)37-16-14-33(30-39(37)53)46-21-9-22-46/h4-5,11-16,29-30H,2-3,6-10,17-28,31H2,1H3,(H,44,47). The molecule has 284 valence electrons. The van der Waals surface area contributed by atoms with Gasteiger partial charge < -0.3 is 29.3 Å². The minimum atomic E-state index is -2.36.